The number of piperazine rings is 1. The minimum absolute atomic E-state index is 0.107. The van der Waals surface area contributed by atoms with Crippen molar-refractivity contribution in [3.8, 4) is 85.0 Å². The number of rotatable bonds is 17. The number of methoxy groups -OCH3 is 5. The van der Waals surface area contributed by atoms with Crippen LogP contribution in [0.1, 0.15) is 43.4 Å². The molecule has 7 aliphatic rings. The number of benzene rings is 4. The second-order valence-electron chi connectivity index (χ2n) is 37.9. The van der Waals surface area contributed by atoms with Gasteiger partial charge in [0.05, 0.1) is 99.1 Å². The molecule has 12 aromatic heterocycles. The number of β-amino-alcohol motifs (C(OH)–C–C–N with tert-alkyl or cyclic N) is 1. The predicted octanol–water partition coefficient (Wildman–Crippen LogP) is 12.1. The standard InChI is InChI=1S/C23H27N3O4.C22H23FN6O.C22H23FN4O2.C21H21FN4O2.C20H21FN4O2/c1-29-20-5-3-17(13-21(20)30-2)19-14-23(28)26-15-18(4-6-22(26)24-19)16-7-9-25(10-8-16)11-12-27;1-15-12-28-13-16(10-18(23)22(28)24-15)19-11-21(30)29-14-17(4-5-20(29)25-19)27-7-3-6-26(2)8-9-27;1-25-9-15-11-26(12-16(15)10-25)17-4-6-21-24-19(8-22(28)27(21)13-17)14-3-5-20(29-2)18(23)7-14;1-28-19-4-2-13(6-17(19)22)18-7-21(27)26-12-16(3-5-20(26)24-18)25-10-14-8-23-9-15(14)11-25;1-13-11-24(8-7-22-13)15-4-6-19-23-17(10-20(26)25(19)12-15)14-3-5-16(21)18(9-14)27-2/h3-6,13-16,27H,7-12H2,1-2H3;4-5,10-14H,3,6-9H2,1-2H3;3-8,13,15-16H,9-12H2,1-2H3;2-7,12,14-15,23H,8-11H2,1H3;3-6,9-10,12-13,22H,7-8,11H2,1-2H3/t;;15-,16+;14-,15+;13-/m....0/s1. The van der Waals surface area contributed by atoms with Crippen LogP contribution in [0.25, 0.3) is 90.2 Å². The van der Waals surface area contributed by atoms with Gasteiger partial charge in [-0.25, -0.2) is 47.5 Å². The van der Waals surface area contributed by atoms with Gasteiger partial charge in [0, 0.05) is 206 Å². The van der Waals surface area contributed by atoms with Crippen LogP contribution in [0.3, 0.4) is 0 Å². The topological polar surface area (TPSA) is 302 Å². The molecule has 7 aliphatic heterocycles. The Bertz CT molecular complexity index is 7780. The van der Waals surface area contributed by atoms with E-state index >= 15 is 0 Å². The number of likely N-dealkylation sites (N-methyl/N-ethyl adjacent to an activating group) is 1. The second-order valence-corrected chi connectivity index (χ2v) is 37.9. The lowest BCUT2D eigenvalue weighted by atomic mass is 9.90. The fraction of sp³-hybridized carbons (Fsp3) is 0.343. The molecular weight excluding hydrogens is 1840 g/mol. The Morgan fingerprint density at radius 1 is 0.368 bits per heavy atom. The number of aryl methyl sites for hydroxylation is 1. The van der Waals surface area contributed by atoms with Gasteiger partial charge in [0.1, 0.15) is 28.2 Å². The minimum Gasteiger partial charge on any atom is -0.494 e. The number of hydrogen-bond donors (Lipinski definition) is 3. The Kier molecular flexibility index (Phi) is 29.0. The smallest absolute Gasteiger partial charge is 0.258 e. The van der Waals surface area contributed by atoms with Crippen LogP contribution in [0, 0.1) is 53.9 Å². The third-order valence-electron chi connectivity index (χ3n) is 28.3. The number of aromatic nitrogens is 12. The molecule has 23 rings (SSSR count). The molecule has 7 saturated heterocycles. The van der Waals surface area contributed by atoms with Crippen LogP contribution in [0.5, 0.6) is 28.7 Å². The summed E-state index contributed by atoms with van der Waals surface area (Å²) in [5.74, 6) is 2.99. The molecule has 36 heteroatoms. The lowest BCUT2D eigenvalue weighted by Gasteiger charge is -2.33. The highest BCUT2D eigenvalue weighted by molar-refractivity contribution is 5.71. The highest BCUT2D eigenvalue weighted by atomic mass is 19.1. The molecule has 7 fully saturated rings. The molecule has 0 radical (unpaired) electrons. The third kappa shape index (κ3) is 21.3. The first kappa shape index (κ1) is 97.9. The summed E-state index contributed by atoms with van der Waals surface area (Å²) >= 11 is 0. The molecule has 19 heterocycles. The van der Waals surface area contributed by atoms with Crippen LogP contribution < -0.4 is 81.7 Å². The highest BCUT2D eigenvalue weighted by Crippen LogP contribution is 2.38. The van der Waals surface area contributed by atoms with Crippen molar-refractivity contribution in [2.24, 2.45) is 23.7 Å². The van der Waals surface area contributed by atoms with Crippen molar-refractivity contribution in [2.45, 2.75) is 45.1 Å². The first-order valence-corrected chi connectivity index (χ1v) is 48.5. The second kappa shape index (κ2) is 42.7. The molecule has 0 amide bonds. The van der Waals surface area contributed by atoms with Gasteiger partial charge in [0.2, 0.25) is 0 Å². The number of imidazole rings is 1. The van der Waals surface area contributed by atoms with Crippen molar-refractivity contribution in [1.29, 1.82) is 0 Å². The van der Waals surface area contributed by atoms with Crippen molar-refractivity contribution >= 4 is 56.6 Å². The first-order valence-electron chi connectivity index (χ1n) is 48.5. The lowest BCUT2D eigenvalue weighted by Crippen LogP contribution is -2.49. The summed E-state index contributed by atoms with van der Waals surface area (Å²) < 4.78 is 91.3. The number of hydrogen-bond acceptors (Lipinski definition) is 26. The zero-order valence-corrected chi connectivity index (χ0v) is 81.8. The van der Waals surface area contributed by atoms with Crippen molar-refractivity contribution in [1.82, 2.24) is 81.6 Å². The summed E-state index contributed by atoms with van der Waals surface area (Å²) in [5.41, 5.74) is 13.7. The number of nitrogens with zero attached hydrogens (tertiary/aromatic N) is 19. The number of likely N-dealkylation sites (tertiary alicyclic amines) is 2. The Labute approximate surface area is 827 Å². The maximum atomic E-state index is 14.5. The van der Waals surface area contributed by atoms with Crippen molar-refractivity contribution in [3.05, 3.63) is 300 Å². The molecule has 0 saturated carbocycles. The molecule has 0 bridgehead atoms. The zero-order chi connectivity index (χ0) is 100. The lowest BCUT2D eigenvalue weighted by molar-refractivity contribution is 0.164. The first-order chi connectivity index (χ1) is 69.8. The molecular formula is C108H115F4N21O11. The number of halogens is 4. The van der Waals surface area contributed by atoms with Gasteiger partial charge in [-0.1, -0.05) is 6.07 Å². The van der Waals surface area contributed by atoms with Crippen molar-refractivity contribution in [3.63, 3.8) is 0 Å². The Balaban J connectivity index is 0.000000114. The summed E-state index contributed by atoms with van der Waals surface area (Å²) in [5, 5.41) is 16.0. The molecule has 4 aromatic carbocycles. The molecule has 0 spiro atoms. The average Bonchev–Trinajstić information content (AvgIpc) is 1.62. The van der Waals surface area contributed by atoms with E-state index in [1.54, 1.807) is 89.4 Å². The van der Waals surface area contributed by atoms with Gasteiger partial charge in [0.15, 0.2) is 57.7 Å². The van der Waals surface area contributed by atoms with Crippen molar-refractivity contribution < 1.29 is 46.4 Å². The molecule has 16 aromatic rings. The van der Waals surface area contributed by atoms with E-state index in [2.05, 4.69) is 96.9 Å². The van der Waals surface area contributed by atoms with Crippen LogP contribution in [-0.4, -0.2) is 256 Å². The number of fused-ring (bicyclic) bond motifs is 8. The SMILES string of the molecule is COc1cc(-c2cc(=O)n3cc(N4CCN[C@@H](C)C4)ccc3n2)ccc1F.COc1ccc(-c2cc(=O)n3cc(C4CCN(CCO)CC4)ccc3n2)cc1OC.COc1ccc(-c2cc(=O)n3cc(N4C[C@H]5CN(C)C[C@H]5C4)ccc3n2)cc1F.COc1ccc(-c2cc(=O)n3cc(N4C[C@H]5CNC[C@H]5C4)ccc3n2)cc1F.Cc1cn2cc(-c3cc(=O)n4cc(N5CCCN(C)CC5)ccc4n3)cc(F)c2n1. The van der Waals surface area contributed by atoms with E-state index in [1.165, 1.54) is 75.9 Å². The van der Waals surface area contributed by atoms with Gasteiger partial charge in [-0.05, 0) is 235 Å². The quantitative estimate of drug-likeness (QED) is 0.0713. The Morgan fingerprint density at radius 2 is 0.792 bits per heavy atom. The van der Waals surface area contributed by atoms with Crippen LogP contribution in [0.15, 0.2) is 237 Å². The fourth-order valence-electron chi connectivity index (χ4n) is 20.6. The summed E-state index contributed by atoms with van der Waals surface area (Å²) in [6.45, 7) is 21.9. The molecule has 0 unspecified atom stereocenters. The highest BCUT2D eigenvalue weighted by Gasteiger charge is 2.40. The summed E-state index contributed by atoms with van der Waals surface area (Å²) in [6, 6.07) is 47.7. The van der Waals surface area contributed by atoms with Gasteiger partial charge in [0.25, 0.3) is 27.8 Å². The monoisotopic (exact) mass is 1960 g/mol. The normalized spacial score (nSPS) is 18.2. The molecule has 144 heavy (non-hydrogen) atoms. The minimum atomic E-state index is -0.480. The Hall–Kier alpha value is -15.0. The van der Waals surface area contributed by atoms with E-state index in [9.17, 15) is 41.5 Å². The average molecular weight is 1960 g/mol. The van der Waals surface area contributed by atoms with Crippen LogP contribution in [0.2, 0.25) is 0 Å². The van der Waals surface area contributed by atoms with E-state index in [0.717, 1.165) is 177 Å². The predicted molar refractivity (Wildman–Crippen MR) is 549 cm³/mol. The van der Waals surface area contributed by atoms with Gasteiger partial charge in [-0.2, -0.15) is 0 Å². The molecule has 3 N–H and O–H groups in total. The van der Waals surface area contributed by atoms with Crippen molar-refractivity contribution in [2.75, 3.05) is 194 Å². The molecule has 0 aliphatic carbocycles. The molecule has 746 valence electrons. The van der Waals surface area contributed by atoms with Gasteiger partial charge in [-0.3, -0.25) is 46.0 Å². The fourth-order valence-corrected chi connectivity index (χ4v) is 20.6. The number of aliphatic hydroxyl groups excluding tert-OH is 1. The van der Waals surface area contributed by atoms with E-state index < -0.39 is 23.3 Å². The van der Waals surface area contributed by atoms with E-state index in [-0.39, 0.29) is 57.3 Å². The van der Waals surface area contributed by atoms with Crippen LogP contribution in [-0.2, 0) is 0 Å². The summed E-state index contributed by atoms with van der Waals surface area (Å²) in [4.78, 5) is 107. The number of pyridine rings is 6. The summed E-state index contributed by atoms with van der Waals surface area (Å²) in [7, 11) is 11.7. The van der Waals surface area contributed by atoms with Gasteiger partial charge < -0.3 is 78.1 Å². The van der Waals surface area contributed by atoms with E-state index in [1.807, 2.05) is 111 Å². The van der Waals surface area contributed by atoms with Crippen LogP contribution in [0.4, 0.5) is 40.3 Å². The summed E-state index contributed by atoms with van der Waals surface area (Å²) in [6.07, 6.45) is 16.0. The van der Waals surface area contributed by atoms with E-state index in [0.29, 0.717) is 126 Å². The van der Waals surface area contributed by atoms with Crippen LogP contribution >= 0.6 is 0 Å². The zero-order valence-electron chi connectivity index (χ0n) is 81.8. The number of nitrogens with one attached hydrogen (secondary N) is 2. The van der Waals surface area contributed by atoms with E-state index in [4.69, 9.17) is 33.8 Å². The number of aliphatic hydroxyl groups is 1. The molecule has 5 atom stereocenters. The number of piperidine rings is 1. The molecule has 32 nitrogen and oxygen atoms in total. The maximum absolute atomic E-state index is 14.5. The number of anilines is 4. The maximum Gasteiger partial charge on any atom is 0.258 e. The Morgan fingerprint density at radius 3 is 1.26 bits per heavy atom. The largest absolute Gasteiger partial charge is 0.494 e. The number of ether oxygens (including phenoxy) is 5. The van der Waals surface area contributed by atoms with Gasteiger partial charge in [-0.15, -0.1) is 0 Å². The van der Waals surface area contributed by atoms with Gasteiger partial charge >= 0.3 is 0 Å². The third-order valence-corrected chi connectivity index (χ3v) is 28.3.